The summed E-state index contributed by atoms with van der Waals surface area (Å²) in [4.78, 5) is 34.5. The number of hydrogen-bond acceptors (Lipinski definition) is 6. The van der Waals surface area contributed by atoms with Crippen LogP contribution < -0.4 is 10.5 Å². The lowest BCUT2D eigenvalue weighted by molar-refractivity contribution is -0.134. The smallest absolute Gasteiger partial charge is 0.420 e. The quantitative estimate of drug-likeness (QED) is 0.679. The average Bonchev–Trinajstić information content (AvgIpc) is 2.99. The predicted octanol–water partition coefficient (Wildman–Crippen LogP) is 2.11. The number of carbonyl (C=O) groups is 1. The van der Waals surface area contributed by atoms with Gasteiger partial charge in [0.25, 0.3) is 0 Å². The Morgan fingerprint density at radius 2 is 2.07 bits per heavy atom. The van der Waals surface area contributed by atoms with Gasteiger partial charge in [-0.25, -0.2) is 14.8 Å². The maximum atomic E-state index is 12.7. The molecule has 8 nitrogen and oxygen atoms in total. The first kappa shape index (κ1) is 17.5. The molecule has 0 spiro atoms. The van der Waals surface area contributed by atoms with E-state index >= 15 is 0 Å². The molecule has 1 aromatic carbocycles. The van der Waals surface area contributed by atoms with Gasteiger partial charge in [-0.1, -0.05) is 23.7 Å². The molecule has 0 saturated carbocycles. The molecule has 1 fully saturated rings. The number of halogens is 1. The summed E-state index contributed by atoms with van der Waals surface area (Å²) in [5.41, 5.74) is 1.07. The molecule has 0 radical (unpaired) electrons. The van der Waals surface area contributed by atoms with Gasteiger partial charge in [0.15, 0.2) is 5.58 Å². The fourth-order valence-corrected chi connectivity index (χ4v) is 3.27. The van der Waals surface area contributed by atoms with E-state index in [4.69, 9.17) is 20.8 Å². The van der Waals surface area contributed by atoms with E-state index < -0.39 is 5.76 Å². The highest BCUT2D eigenvalue weighted by molar-refractivity contribution is 6.30. The van der Waals surface area contributed by atoms with Crippen LogP contribution in [0.25, 0.3) is 11.1 Å². The third-order valence-corrected chi connectivity index (χ3v) is 4.66. The molecule has 4 rings (SSSR count). The number of piperidine rings is 1. The van der Waals surface area contributed by atoms with Crippen LogP contribution in [0.15, 0.2) is 45.9 Å². The van der Waals surface area contributed by atoms with Crippen molar-refractivity contribution in [1.29, 1.82) is 0 Å². The second kappa shape index (κ2) is 7.40. The third kappa shape index (κ3) is 3.80. The summed E-state index contributed by atoms with van der Waals surface area (Å²) in [5.74, 6) is -0.696. The normalized spacial score (nSPS) is 17.2. The van der Waals surface area contributed by atoms with Crippen molar-refractivity contribution in [3.05, 3.63) is 52.2 Å². The number of hydrogen-bond donors (Lipinski definition) is 0. The largest absolute Gasteiger partial charge is 0.458 e. The Kier molecular flexibility index (Phi) is 4.81. The lowest BCUT2D eigenvalue weighted by atomic mass is 10.1. The van der Waals surface area contributed by atoms with Gasteiger partial charge in [-0.15, -0.1) is 0 Å². The molecule has 1 saturated heterocycles. The SMILES string of the molecule is O=C(Cn1c(=O)oc2ccccc21)N1CCC[C@H](Oc2ncc(Cl)cn2)C1. The second-order valence-electron chi connectivity index (χ2n) is 6.33. The van der Waals surface area contributed by atoms with Crippen LogP contribution in [0.3, 0.4) is 0 Å². The van der Waals surface area contributed by atoms with Gasteiger partial charge in [-0.3, -0.25) is 9.36 Å². The van der Waals surface area contributed by atoms with Gasteiger partial charge in [0.2, 0.25) is 5.91 Å². The van der Waals surface area contributed by atoms with Crippen molar-refractivity contribution in [2.24, 2.45) is 0 Å². The molecule has 140 valence electrons. The molecule has 3 aromatic rings. The highest BCUT2D eigenvalue weighted by Gasteiger charge is 2.26. The summed E-state index contributed by atoms with van der Waals surface area (Å²) in [7, 11) is 0. The number of aromatic nitrogens is 3. The Hall–Kier alpha value is -2.87. The number of benzene rings is 1. The van der Waals surface area contributed by atoms with E-state index in [0.29, 0.717) is 29.2 Å². The van der Waals surface area contributed by atoms with Crippen molar-refractivity contribution >= 4 is 28.6 Å². The molecule has 0 bridgehead atoms. The highest BCUT2D eigenvalue weighted by Crippen LogP contribution is 2.17. The first-order chi connectivity index (χ1) is 13.1. The Morgan fingerprint density at radius 1 is 1.30 bits per heavy atom. The van der Waals surface area contributed by atoms with E-state index in [2.05, 4.69) is 9.97 Å². The highest BCUT2D eigenvalue weighted by atomic mass is 35.5. The number of ether oxygens (including phenoxy) is 1. The number of carbonyl (C=O) groups excluding carboxylic acids is 1. The van der Waals surface area contributed by atoms with Gasteiger partial charge in [0, 0.05) is 6.54 Å². The van der Waals surface area contributed by atoms with Crippen molar-refractivity contribution < 1.29 is 13.9 Å². The van der Waals surface area contributed by atoms with Crippen molar-refractivity contribution in [3.63, 3.8) is 0 Å². The summed E-state index contributed by atoms with van der Waals surface area (Å²) < 4.78 is 12.3. The zero-order valence-electron chi connectivity index (χ0n) is 14.4. The fraction of sp³-hybridized carbons (Fsp3) is 0.333. The maximum absolute atomic E-state index is 12.7. The molecule has 2 aromatic heterocycles. The molecule has 1 amide bonds. The van der Waals surface area contributed by atoms with Gasteiger partial charge >= 0.3 is 11.8 Å². The Labute approximate surface area is 159 Å². The van der Waals surface area contributed by atoms with Crippen molar-refractivity contribution in [2.45, 2.75) is 25.5 Å². The Bertz CT molecular complexity index is 1010. The van der Waals surface area contributed by atoms with E-state index in [-0.39, 0.29) is 24.6 Å². The van der Waals surface area contributed by atoms with Gasteiger partial charge < -0.3 is 14.1 Å². The first-order valence-electron chi connectivity index (χ1n) is 8.60. The van der Waals surface area contributed by atoms with E-state index in [0.717, 1.165) is 12.8 Å². The van der Waals surface area contributed by atoms with Crippen LogP contribution in [0, 0.1) is 0 Å². The van der Waals surface area contributed by atoms with E-state index in [9.17, 15) is 9.59 Å². The van der Waals surface area contributed by atoms with E-state index in [1.807, 2.05) is 0 Å². The number of amides is 1. The molecule has 3 heterocycles. The number of fused-ring (bicyclic) bond motifs is 1. The van der Waals surface area contributed by atoms with Crippen LogP contribution in [0.1, 0.15) is 12.8 Å². The van der Waals surface area contributed by atoms with Gasteiger partial charge in [-0.05, 0) is 25.0 Å². The van der Waals surface area contributed by atoms with Crippen LogP contribution in [-0.4, -0.2) is 44.5 Å². The van der Waals surface area contributed by atoms with Crippen LogP contribution in [0.5, 0.6) is 6.01 Å². The zero-order chi connectivity index (χ0) is 18.8. The lowest BCUT2D eigenvalue weighted by Crippen LogP contribution is -2.46. The number of likely N-dealkylation sites (tertiary alicyclic amines) is 1. The second-order valence-corrected chi connectivity index (χ2v) is 6.76. The third-order valence-electron chi connectivity index (χ3n) is 4.47. The number of rotatable bonds is 4. The topological polar surface area (TPSA) is 90.5 Å². The minimum absolute atomic E-state index is 0.0694. The molecule has 1 aliphatic rings. The fourth-order valence-electron chi connectivity index (χ4n) is 3.17. The zero-order valence-corrected chi connectivity index (χ0v) is 15.1. The first-order valence-corrected chi connectivity index (χ1v) is 8.98. The van der Waals surface area contributed by atoms with Crippen LogP contribution in [0.4, 0.5) is 0 Å². The maximum Gasteiger partial charge on any atom is 0.420 e. The lowest BCUT2D eigenvalue weighted by Gasteiger charge is -2.32. The van der Waals surface area contributed by atoms with Crippen molar-refractivity contribution in [3.8, 4) is 6.01 Å². The standard InChI is InChI=1S/C18H17ClN4O4/c19-12-8-20-17(21-9-12)26-13-4-3-7-22(10-13)16(24)11-23-14-5-1-2-6-15(14)27-18(23)25/h1-2,5-6,8-9,13H,3-4,7,10-11H2/t13-/m0/s1. The Balaban J connectivity index is 1.44. The van der Waals surface area contributed by atoms with E-state index in [1.54, 1.807) is 29.2 Å². The molecule has 27 heavy (non-hydrogen) atoms. The van der Waals surface area contributed by atoms with Crippen LogP contribution >= 0.6 is 11.6 Å². The molecular weight excluding hydrogens is 372 g/mol. The predicted molar refractivity (Wildman–Crippen MR) is 97.7 cm³/mol. The van der Waals surface area contributed by atoms with Crippen LogP contribution in [-0.2, 0) is 11.3 Å². The van der Waals surface area contributed by atoms with Crippen molar-refractivity contribution in [2.75, 3.05) is 13.1 Å². The Morgan fingerprint density at radius 3 is 2.89 bits per heavy atom. The minimum atomic E-state index is -0.538. The van der Waals surface area contributed by atoms with Crippen LogP contribution in [0.2, 0.25) is 5.02 Å². The van der Waals surface area contributed by atoms with Gasteiger partial charge in [0.05, 0.1) is 29.5 Å². The molecule has 1 aliphatic heterocycles. The van der Waals surface area contributed by atoms with Gasteiger partial charge in [0.1, 0.15) is 12.6 Å². The molecule has 9 heteroatoms. The minimum Gasteiger partial charge on any atom is -0.458 e. The monoisotopic (exact) mass is 388 g/mol. The molecule has 0 aliphatic carbocycles. The number of oxazole rings is 1. The number of para-hydroxylation sites is 2. The summed E-state index contributed by atoms with van der Waals surface area (Å²) >= 11 is 5.77. The molecule has 1 atom stereocenters. The summed E-state index contributed by atoms with van der Waals surface area (Å²) in [6, 6.07) is 7.27. The number of nitrogens with zero attached hydrogens (tertiary/aromatic N) is 4. The molecule has 0 unspecified atom stereocenters. The summed E-state index contributed by atoms with van der Waals surface area (Å²) in [5, 5.41) is 0.431. The average molecular weight is 389 g/mol. The van der Waals surface area contributed by atoms with E-state index in [1.165, 1.54) is 17.0 Å². The molecular formula is C18H17ClN4O4. The summed E-state index contributed by atoms with van der Waals surface area (Å²) in [6.45, 7) is 0.958. The summed E-state index contributed by atoms with van der Waals surface area (Å²) in [6.07, 6.45) is 4.31. The van der Waals surface area contributed by atoms with Gasteiger partial charge in [-0.2, -0.15) is 0 Å². The van der Waals surface area contributed by atoms with Crippen molar-refractivity contribution in [1.82, 2.24) is 19.4 Å². The molecule has 0 N–H and O–H groups in total.